The predicted octanol–water partition coefficient (Wildman–Crippen LogP) is 0.576. The van der Waals surface area contributed by atoms with E-state index in [2.05, 4.69) is 5.73 Å². The van der Waals surface area contributed by atoms with Crippen LogP contribution in [0.2, 0.25) is 0 Å². The number of carboxylic acids is 1. The molecule has 0 saturated heterocycles. The first-order valence-corrected chi connectivity index (χ1v) is 2.28. The van der Waals surface area contributed by atoms with Crippen molar-refractivity contribution in [2.45, 2.75) is 13.1 Å². The van der Waals surface area contributed by atoms with Gasteiger partial charge in [0.2, 0.25) is 0 Å². The van der Waals surface area contributed by atoms with Gasteiger partial charge in [0, 0.05) is 6.92 Å². The number of amidine groups is 1. The Balaban J connectivity index is 0. The van der Waals surface area contributed by atoms with Crippen molar-refractivity contribution in [1.82, 2.24) is 0 Å². The Kier molecular flexibility index (Phi) is 5.11. The van der Waals surface area contributed by atoms with E-state index in [1.54, 1.807) is 0 Å². The van der Waals surface area contributed by atoms with Gasteiger partial charge in [-0.05, 0) is 0 Å². The second-order valence-electron chi connectivity index (χ2n) is 1.43. The van der Waals surface area contributed by atoms with Gasteiger partial charge in [-0.3, -0.25) is 10.2 Å². The van der Waals surface area contributed by atoms with Gasteiger partial charge in [0.05, 0.1) is 0 Å². The maximum absolute atomic E-state index is 10.8. The van der Waals surface area contributed by atoms with Crippen LogP contribution in [-0.4, -0.2) is 23.1 Å². The molecule has 66 valence electrons. The van der Waals surface area contributed by atoms with Gasteiger partial charge in [-0.25, -0.2) is 0 Å². The van der Waals surface area contributed by atoms with E-state index in [0.717, 1.165) is 6.92 Å². The molecule has 0 atom stereocenters. The van der Waals surface area contributed by atoms with Gasteiger partial charge in [-0.2, -0.15) is 13.2 Å². The van der Waals surface area contributed by atoms with E-state index in [-0.39, 0.29) is 0 Å². The number of alkyl halides is 3. The lowest BCUT2D eigenvalue weighted by molar-refractivity contribution is -0.134. The molecular weight excluding hydrogens is 165 g/mol. The van der Waals surface area contributed by atoms with Crippen molar-refractivity contribution in [3.63, 3.8) is 0 Å². The minimum atomic E-state index is -4.64. The molecule has 4 N–H and O–H groups in total. The fraction of sp³-hybridized carbons (Fsp3) is 0.500. The van der Waals surface area contributed by atoms with Crippen LogP contribution in [0.15, 0.2) is 0 Å². The van der Waals surface area contributed by atoms with Gasteiger partial charge in [0.1, 0.15) is 0 Å². The number of nitrogens with two attached hydrogens (primary N) is 1. The van der Waals surface area contributed by atoms with Gasteiger partial charge in [0.25, 0.3) is 5.97 Å². The SMILES string of the molecule is CC(=O)O.N=C(N)C(F)(F)F. The van der Waals surface area contributed by atoms with Gasteiger partial charge in [-0.1, -0.05) is 0 Å². The molecule has 7 heteroatoms. The molecule has 0 radical (unpaired) electrons. The quantitative estimate of drug-likeness (QED) is 0.368. The van der Waals surface area contributed by atoms with Crippen LogP contribution in [0.1, 0.15) is 6.92 Å². The van der Waals surface area contributed by atoms with E-state index >= 15 is 0 Å². The number of rotatable bonds is 0. The van der Waals surface area contributed by atoms with Gasteiger partial charge in [0.15, 0.2) is 5.84 Å². The highest BCUT2D eigenvalue weighted by molar-refractivity contribution is 5.82. The third kappa shape index (κ3) is 17.7. The van der Waals surface area contributed by atoms with Crippen molar-refractivity contribution in [2.75, 3.05) is 0 Å². The molecule has 0 saturated carbocycles. The zero-order valence-corrected chi connectivity index (χ0v) is 5.57. The van der Waals surface area contributed by atoms with E-state index in [0.29, 0.717) is 0 Å². The molecule has 0 aliphatic heterocycles. The van der Waals surface area contributed by atoms with E-state index in [1.165, 1.54) is 0 Å². The van der Waals surface area contributed by atoms with Crippen molar-refractivity contribution in [3.8, 4) is 0 Å². The molecule has 0 aromatic carbocycles. The van der Waals surface area contributed by atoms with Crippen molar-refractivity contribution >= 4 is 11.8 Å². The lowest BCUT2D eigenvalue weighted by atomic mass is 10.6. The molecule has 0 aromatic heterocycles. The fourth-order valence-corrected chi connectivity index (χ4v) is 0. The van der Waals surface area contributed by atoms with Crippen LogP contribution in [0.5, 0.6) is 0 Å². The molecule has 11 heavy (non-hydrogen) atoms. The number of hydrogen-bond acceptors (Lipinski definition) is 2. The second-order valence-corrected chi connectivity index (χ2v) is 1.43. The molecule has 0 aliphatic rings. The smallest absolute Gasteiger partial charge is 0.448 e. The molecule has 0 rings (SSSR count). The van der Waals surface area contributed by atoms with Gasteiger partial charge < -0.3 is 10.8 Å². The normalized spacial score (nSPS) is 9.45. The first-order valence-electron chi connectivity index (χ1n) is 2.28. The summed E-state index contributed by atoms with van der Waals surface area (Å²) in [5, 5.41) is 13.2. The monoisotopic (exact) mass is 172 g/mol. The molecule has 0 spiro atoms. The summed E-state index contributed by atoms with van der Waals surface area (Å²) >= 11 is 0. The van der Waals surface area contributed by atoms with Crippen LogP contribution in [0.25, 0.3) is 0 Å². The summed E-state index contributed by atoms with van der Waals surface area (Å²) in [4.78, 5) is 9.00. The Labute approximate surface area is 60.3 Å². The molecule has 0 bridgehead atoms. The summed E-state index contributed by atoms with van der Waals surface area (Å²) in [6.07, 6.45) is -4.64. The number of carbonyl (C=O) groups is 1. The van der Waals surface area contributed by atoms with E-state index in [9.17, 15) is 13.2 Å². The molecule has 0 aromatic rings. The first-order chi connectivity index (χ1) is 4.68. The van der Waals surface area contributed by atoms with Crippen molar-refractivity contribution < 1.29 is 23.1 Å². The van der Waals surface area contributed by atoms with Gasteiger partial charge >= 0.3 is 6.18 Å². The fourth-order valence-electron chi connectivity index (χ4n) is 0. The summed E-state index contributed by atoms with van der Waals surface area (Å²) in [6.45, 7) is 1.08. The number of carboxylic acid groups (broad SMARTS) is 1. The van der Waals surface area contributed by atoms with E-state index in [1.807, 2.05) is 0 Å². The zero-order valence-electron chi connectivity index (χ0n) is 5.57. The van der Waals surface area contributed by atoms with Crippen molar-refractivity contribution in [3.05, 3.63) is 0 Å². The maximum atomic E-state index is 10.8. The summed E-state index contributed by atoms with van der Waals surface area (Å²) in [6, 6.07) is 0. The number of hydrogen-bond donors (Lipinski definition) is 3. The summed E-state index contributed by atoms with van der Waals surface area (Å²) in [5.74, 6) is -2.59. The van der Waals surface area contributed by atoms with E-state index in [4.69, 9.17) is 15.3 Å². The van der Waals surface area contributed by atoms with Crippen LogP contribution in [0, 0.1) is 5.41 Å². The zero-order chi connectivity index (χ0) is 9.65. The lowest BCUT2D eigenvalue weighted by Gasteiger charge is -1.98. The Morgan fingerprint density at radius 1 is 1.55 bits per heavy atom. The first kappa shape index (κ1) is 12.4. The Hall–Kier alpha value is -1.27. The van der Waals surface area contributed by atoms with Crippen LogP contribution >= 0.6 is 0 Å². The van der Waals surface area contributed by atoms with Crippen LogP contribution < -0.4 is 5.73 Å². The molecule has 0 aliphatic carbocycles. The summed E-state index contributed by atoms with van der Waals surface area (Å²) in [5.41, 5.74) is 4.03. The molecular formula is C4H7F3N2O2. The average Bonchev–Trinajstić information content (AvgIpc) is 1.59. The highest BCUT2D eigenvalue weighted by Gasteiger charge is 2.31. The maximum Gasteiger partial charge on any atom is 0.448 e. The molecule has 0 amide bonds. The second kappa shape index (κ2) is 4.53. The molecule has 0 unspecified atom stereocenters. The largest absolute Gasteiger partial charge is 0.481 e. The average molecular weight is 172 g/mol. The Morgan fingerprint density at radius 2 is 1.64 bits per heavy atom. The van der Waals surface area contributed by atoms with Crippen LogP contribution in [0.3, 0.4) is 0 Å². The topological polar surface area (TPSA) is 87.2 Å². The Morgan fingerprint density at radius 3 is 1.64 bits per heavy atom. The van der Waals surface area contributed by atoms with Crippen molar-refractivity contribution in [2.24, 2.45) is 5.73 Å². The van der Waals surface area contributed by atoms with E-state index < -0.39 is 18.0 Å². The van der Waals surface area contributed by atoms with Crippen LogP contribution in [0.4, 0.5) is 13.2 Å². The summed E-state index contributed by atoms with van der Waals surface area (Å²) in [7, 11) is 0. The number of halogens is 3. The highest BCUT2D eigenvalue weighted by atomic mass is 19.4. The molecule has 0 fully saturated rings. The number of aliphatic carboxylic acids is 1. The lowest BCUT2D eigenvalue weighted by Crippen LogP contribution is -2.29. The third-order valence-electron chi connectivity index (χ3n) is 0.305. The minimum Gasteiger partial charge on any atom is -0.481 e. The summed E-state index contributed by atoms with van der Waals surface area (Å²) < 4.78 is 32.5. The standard InChI is InChI=1S/C2H3F3N2.C2H4O2/c3-2(4,5)1(6)7;1-2(3)4/h(H3,6,7);1H3,(H,3,4). The van der Waals surface area contributed by atoms with Gasteiger partial charge in [-0.15, -0.1) is 0 Å². The molecule has 0 heterocycles. The van der Waals surface area contributed by atoms with Crippen LogP contribution in [-0.2, 0) is 4.79 Å². The predicted molar refractivity (Wildman–Crippen MR) is 31.3 cm³/mol. The Bertz CT molecular complexity index is 150. The highest BCUT2D eigenvalue weighted by Crippen LogP contribution is 2.12. The third-order valence-corrected chi connectivity index (χ3v) is 0.305. The number of nitrogens with one attached hydrogen (secondary N) is 1. The van der Waals surface area contributed by atoms with Crippen molar-refractivity contribution in [1.29, 1.82) is 5.41 Å². The molecule has 4 nitrogen and oxygen atoms in total. The minimum absolute atomic E-state index is 0.833.